The summed E-state index contributed by atoms with van der Waals surface area (Å²) >= 11 is 1.75. The molecule has 4 rings (SSSR count). The molecule has 0 saturated carbocycles. The number of hydrogen-bond acceptors (Lipinski definition) is 5. The zero-order chi connectivity index (χ0) is 20.6. The van der Waals surface area contributed by atoms with Gasteiger partial charge < -0.3 is 9.88 Å². The van der Waals surface area contributed by atoms with Crippen LogP contribution >= 0.6 is 11.3 Å². The average Bonchev–Trinajstić information content (AvgIpc) is 3.20. The maximum Gasteiger partial charge on any atom is 0.255 e. The summed E-state index contributed by atoms with van der Waals surface area (Å²) in [6.07, 6.45) is 2.71. The number of rotatable bonds is 3. The fourth-order valence-corrected chi connectivity index (χ4v) is 5.06. The molecule has 4 heterocycles. The van der Waals surface area contributed by atoms with Crippen molar-refractivity contribution in [2.24, 2.45) is 5.41 Å². The summed E-state index contributed by atoms with van der Waals surface area (Å²) in [5, 5.41) is 2.09. The monoisotopic (exact) mass is 414 g/mol. The molecule has 1 fully saturated rings. The van der Waals surface area contributed by atoms with Crippen molar-refractivity contribution in [2.75, 3.05) is 19.6 Å². The van der Waals surface area contributed by atoms with E-state index in [0.717, 1.165) is 56.0 Å². The van der Waals surface area contributed by atoms with Crippen LogP contribution in [0.3, 0.4) is 0 Å². The Labute approximate surface area is 176 Å². The summed E-state index contributed by atoms with van der Waals surface area (Å²) in [4.78, 5) is 39.0. The van der Waals surface area contributed by atoms with Gasteiger partial charge in [0.05, 0.1) is 11.3 Å². The number of thiophene rings is 1. The van der Waals surface area contributed by atoms with Crippen LogP contribution < -0.4 is 5.56 Å². The predicted octanol–water partition coefficient (Wildman–Crippen LogP) is 3.14. The topological polar surface area (TPSA) is 69.3 Å². The lowest BCUT2D eigenvalue weighted by atomic mass is 9.90. The first-order valence-corrected chi connectivity index (χ1v) is 11.4. The second-order valence-electron chi connectivity index (χ2n) is 9.26. The maximum absolute atomic E-state index is 12.8. The molecule has 7 heteroatoms. The Morgan fingerprint density at radius 2 is 2.17 bits per heavy atom. The van der Waals surface area contributed by atoms with Gasteiger partial charge in [0.1, 0.15) is 5.82 Å². The van der Waals surface area contributed by atoms with Gasteiger partial charge in [0.25, 0.3) is 5.56 Å². The third-order valence-corrected chi connectivity index (χ3v) is 6.72. The second-order valence-corrected chi connectivity index (χ2v) is 10.3. The minimum absolute atomic E-state index is 0.0137. The van der Waals surface area contributed by atoms with Gasteiger partial charge >= 0.3 is 0 Å². The number of amides is 1. The first kappa shape index (κ1) is 20.3. The average molecular weight is 415 g/mol. The molecule has 0 spiro atoms. The Morgan fingerprint density at radius 1 is 1.34 bits per heavy atom. The number of hydrogen-bond donors (Lipinski definition) is 1. The van der Waals surface area contributed by atoms with Crippen LogP contribution in [0.25, 0.3) is 0 Å². The lowest BCUT2D eigenvalue weighted by molar-refractivity contribution is -0.140. The summed E-state index contributed by atoms with van der Waals surface area (Å²) < 4.78 is 0. The first-order valence-electron chi connectivity index (χ1n) is 10.5. The highest BCUT2D eigenvalue weighted by Crippen LogP contribution is 2.28. The maximum atomic E-state index is 12.8. The smallest absolute Gasteiger partial charge is 0.255 e. The van der Waals surface area contributed by atoms with Gasteiger partial charge in [-0.3, -0.25) is 14.5 Å². The van der Waals surface area contributed by atoms with Crippen LogP contribution in [0.2, 0.25) is 0 Å². The highest BCUT2D eigenvalue weighted by molar-refractivity contribution is 7.09. The lowest BCUT2D eigenvalue weighted by Crippen LogP contribution is -2.45. The number of carbonyl (C=O) groups is 1. The SMILES string of the molecule is CC(C)(C)C(=O)N1CCCC(c2nc3c(c(=O)[nH]2)CN(Cc2cccs2)CC3)C1. The molecule has 1 N–H and O–H groups in total. The fourth-order valence-electron chi connectivity index (χ4n) is 4.31. The number of nitrogens with zero attached hydrogens (tertiary/aromatic N) is 3. The van der Waals surface area contributed by atoms with E-state index in [0.29, 0.717) is 13.1 Å². The number of nitrogens with one attached hydrogen (secondary N) is 1. The number of piperidine rings is 1. The summed E-state index contributed by atoms with van der Waals surface area (Å²) in [7, 11) is 0. The molecule has 156 valence electrons. The molecule has 6 nitrogen and oxygen atoms in total. The van der Waals surface area contributed by atoms with Gasteiger partial charge in [-0.1, -0.05) is 26.8 Å². The third kappa shape index (κ3) is 4.46. The Kier molecular flexibility index (Phi) is 5.62. The number of carbonyl (C=O) groups excluding carboxylic acids is 1. The van der Waals surface area contributed by atoms with Gasteiger partial charge in [-0.15, -0.1) is 11.3 Å². The first-order chi connectivity index (χ1) is 13.8. The zero-order valence-electron chi connectivity index (χ0n) is 17.5. The van der Waals surface area contributed by atoms with E-state index in [2.05, 4.69) is 27.4 Å². The molecular weight excluding hydrogens is 384 g/mol. The van der Waals surface area contributed by atoms with E-state index in [1.54, 1.807) is 11.3 Å². The number of aromatic amines is 1. The van der Waals surface area contributed by atoms with Crippen molar-refractivity contribution >= 4 is 17.2 Å². The van der Waals surface area contributed by atoms with E-state index >= 15 is 0 Å². The Bertz CT molecular complexity index is 929. The Balaban J connectivity index is 1.50. The third-order valence-electron chi connectivity index (χ3n) is 5.86. The molecule has 2 aromatic rings. The van der Waals surface area contributed by atoms with Crippen molar-refractivity contribution in [3.63, 3.8) is 0 Å². The second kappa shape index (κ2) is 8.03. The number of H-pyrrole nitrogens is 1. The minimum Gasteiger partial charge on any atom is -0.342 e. The largest absolute Gasteiger partial charge is 0.342 e. The number of fused-ring (bicyclic) bond motifs is 1. The van der Waals surface area contributed by atoms with Crippen LogP contribution in [0.1, 0.15) is 61.5 Å². The Morgan fingerprint density at radius 3 is 2.90 bits per heavy atom. The highest BCUT2D eigenvalue weighted by atomic mass is 32.1. The molecule has 1 amide bonds. The number of likely N-dealkylation sites (tertiary alicyclic amines) is 1. The summed E-state index contributed by atoms with van der Waals surface area (Å²) in [5.41, 5.74) is 1.34. The van der Waals surface area contributed by atoms with Crippen molar-refractivity contribution in [1.29, 1.82) is 0 Å². The summed E-state index contributed by atoms with van der Waals surface area (Å²) in [6.45, 7) is 9.75. The van der Waals surface area contributed by atoms with E-state index in [4.69, 9.17) is 4.98 Å². The van der Waals surface area contributed by atoms with E-state index in [9.17, 15) is 9.59 Å². The van der Waals surface area contributed by atoms with E-state index < -0.39 is 0 Å². The normalized spacial score (nSPS) is 20.5. The standard InChI is InChI=1S/C22H30N4O2S/c1-22(2,3)21(28)26-9-4-6-15(12-26)19-23-18-8-10-25(13-16-7-5-11-29-16)14-17(18)20(27)24-19/h5,7,11,15H,4,6,8-10,12-14H2,1-3H3,(H,23,24,27). The number of aromatic nitrogens is 2. The molecule has 2 aliphatic rings. The fraction of sp³-hybridized carbons (Fsp3) is 0.591. The quantitative estimate of drug-likeness (QED) is 0.838. The van der Waals surface area contributed by atoms with E-state index in [1.165, 1.54) is 4.88 Å². The van der Waals surface area contributed by atoms with Crippen LogP contribution in [-0.4, -0.2) is 45.3 Å². The van der Waals surface area contributed by atoms with Crippen LogP contribution in [0.15, 0.2) is 22.3 Å². The van der Waals surface area contributed by atoms with Gasteiger partial charge in [-0.2, -0.15) is 0 Å². The molecule has 29 heavy (non-hydrogen) atoms. The van der Waals surface area contributed by atoms with Crippen molar-refractivity contribution in [3.8, 4) is 0 Å². The summed E-state index contributed by atoms with van der Waals surface area (Å²) in [5.74, 6) is 1.04. The Hall–Kier alpha value is -1.99. The molecule has 0 radical (unpaired) electrons. The van der Waals surface area contributed by atoms with E-state index in [-0.39, 0.29) is 22.8 Å². The van der Waals surface area contributed by atoms with Crippen LogP contribution in [0.5, 0.6) is 0 Å². The van der Waals surface area contributed by atoms with E-state index in [1.807, 2.05) is 25.7 Å². The molecule has 1 unspecified atom stereocenters. The zero-order valence-corrected chi connectivity index (χ0v) is 18.3. The minimum atomic E-state index is -0.384. The van der Waals surface area contributed by atoms with Crippen molar-refractivity contribution in [2.45, 2.75) is 59.0 Å². The molecule has 0 aliphatic carbocycles. The van der Waals surface area contributed by atoms with Gasteiger partial charge in [0.2, 0.25) is 5.91 Å². The van der Waals surface area contributed by atoms with Crippen LogP contribution in [0, 0.1) is 5.41 Å². The molecule has 0 bridgehead atoms. The van der Waals surface area contributed by atoms with Gasteiger partial charge in [-0.25, -0.2) is 4.98 Å². The predicted molar refractivity (Wildman–Crippen MR) is 115 cm³/mol. The van der Waals surface area contributed by atoms with Crippen LogP contribution in [-0.2, 0) is 24.3 Å². The van der Waals surface area contributed by atoms with Gasteiger partial charge in [0.15, 0.2) is 0 Å². The molecule has 1 saturated heterocycles. The highest BCUT2D eigenvalue weighted by Gasteiger charge is 2.33. The van der Waals surface area contributed by atoms with Gasteiger partial charge in [0, 0.05) is 55.4 Å². The van der Waals surface area contributed by atoms with Crippen molar-refractivity contribution in [3.05, 3.63) is 49.8 Å². The molecule has 2 aliphatic heterocycles. The van der Waals surface area contributed by atoms with Crippen molar-refractivity contribution in [1.82, 2.24) is 19.8 Å². The summed E-state index contributed by atoms with van der Waals surface area (Å²) in [6, 6.07) is 4.20. The molecule has 2 aromatic heterocycles. The van der Waals surface area contributed by atoms with Crippen molar-refractivity contribution < 1.29 is 4.79 Å². The molecule has 0 aromatic carbocycles. The molecule has 1 atom stereocenters. The lowest BCUT2D eigenvalue weighted by Gasteiger charge is -2.36. The van der Waals surface area contributed by atoms with Crippen LogP contribution in [0.4, 0.5) is 0 Å². The van der Waals surface area contributed by atoms with Gasteiger partial charge in [-0.05, 0) is 24.3 Å². The molecular formula is C22H30N4O2S.